The van der Waals surface area contributed by atoms with Crippen LogP contribution in [-0.4, -0.2) is 10.9 Å². The van der Waals surface area contributed by atoms with Crippen LogP contribution in [0.15, 0.2) is 11.8 Å². The number of aliphatic hydroxyl groups excluding tert-OH is 1. The molecule has 0 amide bonds. The van der Waals surface area contributed by atoms with Gasteiger partial charge in [0, 0.05) is 16.9 Å². The van der Waals surface area contributed by atoms with Crippen molar-refractivity contribution in [2.24, 2.45) is 10.8 Å². The van der Waals surface area contributed by atoms with Crippen molar-refractivity contribution in [3.8, 4) is 0 Å². The van der Waals surface area contributed by atoms with Crippen LogP contribution in [0.2, 0.25) is 0 Å². The van der Waals surface area contributed by atoms with Gasteiger partial charge in [0.05, 0.1) is 0 Å². The lowest BCUT2D eigenvalue weighted by molar-refractivity contribution is -0.124. The molecule has 0 atom stereocenters. The summed E-state index contributed by atoms with van der Waals surface area (Å²) in [5.74, 6) is 0.377. The van der Waals surface area contributed by atoms with Gasteiger partial charge < -0.3 is 5.11 Å². The maximum absolute atomic E-state index is 12.5. The third kappa shape index (κ3) is 3.61. The van der Waals surface area contributed by atoms with E-state index in [4.69, 9.17) is 0 Å². The highest BCUT2D eigenvalue weighted by Gasteiger charge is 2.34. The molecule has 0 bridgehead atoms. The summed E-state index contributed by atoms with van der Waals surface area (Å²) in [4.78, 5) is 12.5. The van der Waals surface area contributed by atoms with Gasteiger partial charge in [-0.15, -0.1) is 0 Å². The van der Waals surface area contributed by atoms with Crippen LogP contribution in [0.4, 0.5) is 0 Å². The molecule has 2 heteroatoms. The molecular formula is C17H32O2. The van der Waals surface area contributed by atoms with Gasteiger partial charge in [-0.05, 0) is 38.5 Å². The van der Waals surface area contributed by atoms with Crippen LogP contribution in [0.25, 0.3) is 0 Å². The summed E-state index contributed by atoms with van der Waals surface area (Å²) in [7, 11) is 0. The fourth-order valence-corrected chi connectivity index (χ4v) is 3.00. The number of ketones is 1. The van der Waals surface area contributed by atoms with E-state index in [2.05, 4.69) is 41.5 Å². The Morgan fingerprint density at radius 1 is 0.789 bits per heavy atom. The first-order valence-corrected chi connectivity index (χ1v) is 7.87. The molecule has 2 nitrogen and oxygen atoms in total. The van der Waals surface area contributed by atoms with Gasteiger partial charge in [-0.25, -0.2) is 0 Å². The summed E-state index contributed by atoms with van der Waals surface area (Å²) in [5, 5.41) is 10.4. The second kappa shape index (κ2) is 7.72. The first-order chi connectivity index (χ1) is 8.91. The molecule has 0 saturated heterocycles. The predicted molar refractivity (Wildman–Crippen MR) is 82.3 cm³/mol. The van der Waals surface area contributed by atoms with Crippen molar-refractivity contribution in [1.29, 1.82) is 0 Å². The van der Waals surface area contributed by atoms with E-state index in [1.54, 1.807) is 0 Å². The Morgan fingerprint density at radius 2 is 1.11 bits per heavy atom. The minimum Gasteiger partial charge on any atom is -0.512 e. The summed E-state index contributed by atoms with van der Waals surface area (Å²) in [5.41, 5.74) is -0.522. The Balaban J connectivity index is 5.38. The molecule has 0 saturated carbocycles. The fraction of sp³-hybridized carbons (Fsp3) is 0.824. The molecule has 0 radical (unpaired) electrons. The highest BCUT2D eigenvalue weighted by atomic mass is 16.3. The van der Waals surface area contributed by atoms with E-state index in [1.165, 1.54) is 6.08 Å². The topological polar surface area (TPSA) is 37.3 Å². The molecule has 0 aromatic rings. The summed E-state index contributed by atoms with van der Waals surface area (Å²) >= 11 is 0. The van der Waals surface area contributed by atoms with E-state index >= 15 is 0 Å². The van der Waals surface area contributed by atoms with E-state index in [0.29, 0.717) is 0 Å². The van der Waals surface area contributed by atoms with E-state index in [-0.39, 0.29) is 22.4 Å². The van der Waals surface area contributed by atoms with Crippen LogP contribution in [0.5, 0.6) is 0 Å². The number of rotatable bonds is 9. The quantitative estimate of drug-likeness (QED) is 0.447. The molecule has 0 spiro atoms. The number of aliphatic hydroxyl groups is 1. The van der Waals surface area contributed by atoms with Gasteiger partial charge in [-0.3, -0.25) is 4.79 Å². The van der Waals surface area contributed by atoms with Crippen LogP contribution in [-0.2, 0) is 4.79 Å². The average Bonchev–Trinajstić information content (AvgIpc) is 2.44. The van der Waals surface area contributed by atoms with Gasteiger partial charge >= 0.3 is 0 Å². The zero-order chi connectivity index (χ0) is 15.1. The second-order valence-electron chi connectivity index (χ2n) is 5.58. The van der Waals surface area contributed by atoms with Crippen molar-refractivity contribution in [1.82, 2.24) is 0 Å². The maximum atomic E-state index is 12.5. The molecule has 19 heavy (non-hydrogen) atoms. The van der Waals surface area contributed by atoms with E-state index < -0.39 is 0 Å². The highest BCUT2D eigenvalue weighted by Crippen LogP contribution is 2.39. The van der Waals surface area contributed by atoms with Gasteiger partial charge in [0.1, 0.15) is 5.76 Å². The number of hydrogen-bond acceptors (Lipinski definition) is 2. The van der Waals surface area contributed by atoms with E-state index in [9.17, 15) is 9.90 Å². The second-order valence-corrected chi connectivity index (χ2v) is 5.58. The number of hydrogen-bond donors (Lipinski definition) is 1. The maximum Gasteiger partial charge on any atom is 0.165 e. The Hall–Kier alpha value is -0.790. The number of allylic oxidation sites excluding steroid dienone is 2. The zero-order valence-electron chi connectivity index (χ0n) is 13.7. The van der Waals surface area contributed by atoms with Crippen LogP contribution in [0, 0.1) is 10.8 Å². The monoisotopic (exact) mass is 268 g/mol. The Kier molecular flexibility index (Phi) is 7.39. The minimum absolute atomic E-state index is 0.0947. The molecule has 0 aliphatic heterocycles. The van der Waals surface area contributed by atoms with Gasteiger partial charge in [0.25, 0.3) is 0 Å². The molecule has 1 N–H and O–H groups in total. The molecule has 0 aliphatic rings. The number of carbonyl (C=O) groups is 1. The Morgan fingerprint density at radius 3 is 1.37 bits per heavy atom. The lowest BCUT2D eigenvalue weighted by Gasteiger charge is -2.32. The number of carbonyl (C=O) groups excluding carboxylic acids is 1. The average molecular weight is 268 g/mol. The van der Waals surface area contributed by atoms with Crippen LogP contribution < -0.4 is 0 Å². The predicted octanol–water partition coefficient (Wildman–Crippen LogP) is 5.43. The molecule has 0 aliphatic carbocycles. The van der Waals surface area contributed by atoms with Crippen LogP contribution in [0.1, 0.15) is 80.1 Å². The van der Waals surface area contributed by atoms with Gasteiger partial charge in [0.15, 0.2) is 5.78 Å². The van der Waals surface area contributed by atoms with Crippen molar-refractivity contribution >= 4 is 5.78 Å². The van der Waals surface area contributed by atoms with Crippen molar-refractivity contribution < 1.29 is 9.90 Å². The van der Waals surface area contributed by atoms with Crippen molar-refractivity contribution in [2.75, 3.05) is 0 Å². The van der Waals surface area contributed by atoms with Gasteiger partial charge in [-0.1, -0.05) is 41.5 Å². The first-order valence-electron chi connectivity index (χ1n) is 7.87. The molecule has 0 fully saturated rings. The molecule has 112 valence electrons. The Bertz CT molecular complexity index is 291. The molecule has 0 unspecified atom stereocenters. The minimum atomic E-state index is -0.297. The molecule has 0 aromatic carbocycles. The van der Waals surface area contributed by atoms with Gasteiger partial charge in [0.2, 0.25) is 0 Å². The SMILES string of the molecule is CCC(CC)(CC)C(=O)C=C(O)C(CC)(CC)CC. The van der Waals surface area contributed by atoms with Crippen molar-refractivity contribution in [2.45, 2.75) is 80.1 Å². The highest BCUT2D eigenvalue weighted by molar-refractivity contribution is 5.95. The van der Waals surface area contributed by atoms with Crippen molar-refractivity contribution in [3.05, 3.63) is 11.8 Å². The lowest BCUT2D eigenvalue weighted by Crippen LogP contribution is -2.30. The summed E-state index contributed by atoms with van der Waals surface area (Å²) in [6.45, 7) is 12.4. The summed E-state index contributed by atoms with van der Waals surface area (Å²) < 4.78 is 0. The third-order valence-electron chi connectivity index (χ3n) is 5.39. The third-order valence-corrected chi connectivity index (χ3v) is 5.39. The zero-order valence-corrected chi connectivity index (χ0v) is 13.7. The standard InChI is InChI=1S/C17H32O2/c1-7-16(8-2,9-3)14(18)13-15(19)17(10-4,11-5)12-6/h13,18H,7-12H2,1-6H3. The van der Waals surface area contributed by atoms with E-state index in [0.717, 1.165) is 38.5 Å². The lowest BCUT2D eigenvalue weighted by atomic mass is 9.73. The van der Waals surface area contributed by atoms with Crippen LogP contribution in [0.3, 0.4) is 0 Å². The summed E-state index contributed by atoms with van der Waals surface area (Å²) in [6, 6.07) is 0. The first kappa shape index (κ1) is 18.2. The van der Waals surface area contributed by atoms with Crippen LogP contribution >= 0.6 is 0 Å². The normalized spacial score (nSPS) is 13.7. The summed E-state index contributed by atoms with van der Waals surface area (Å²) in [6.07, 6.45) is 6.62. The van der Waals surface area contributed by atoms with Crippen molar-refractivity contribution in [3.63, 3.8) is 0 Å². The fourth-order valence-electron chi connectivity index (χ4n) is 3.00. The molecule has 0 aromatic heterocycles. The smallest absolute Gasteiger partial charge is 0.165 e. The molecular weight excluding hydrogens is 236 g/mol. The van der Waals surface area contributed by atoms with E-state index in [1.807, 2.05) is 0 Å². The Labute approximate surface area is 119 Å². The van der Waals surface area contributed by atoms with Gasteiger partial charge in [-0.2, -0.15) is 0 Å². The molecule has 0 rings (SSSR count). The molecule has 0 heterocycles. The largest absolute Gasteiger partial charge is 0.512 e.